The monoisotopic (exact) mass is 207 g/mol. The number of aliphatic imine (C=N–C) groups is 1. The molecule has 0 amide bonds. The fourth-order valence-electron chi connectivity index (χ4n) is 1.28. The molecule has 0 aromatic rings. The first-order valence-corrected chi connectivity index (χ1v) is 5.82. The highest BCUT2D eigenvalue weighted by molar-refractivity contribution is 5.84. The molecule has 1 heteroatoms. The second-order valence-corrected chi connectivity index (χ2v) is 4.50. The summed E-state index contributed by atoms with van der Waals surface area (Å²) in [7, 11) is 0. The topological polar surface area (TPSA) is 12.4 Å². The van der Waals surface area contributed by atoms with Gasteiger partial charge >= 0.3 is 0 Å². The van der Waals surface area contributed by atoms with Crippen LogP contribution in [0.2, 0.25) is 0 Å². The summed E-state index contributed by atoms with van der Waals surface area (Å²) in [6.07, 6.45) is 7.64. The van der Waals surface area contributed by atoms with Gasteiger partial charge in [0.2, 0.25) is 0 Å². The molecule has 0 aliphatic carbocycles. The van der Waals surface area contributed by atoms with Crippen LogP contribution in [0.25, 0.3) is 0 Å². The normalized spacial score (nSPS) is 16.5. The van der Waals surface area contributed by atoms with E-state index >= 15 is 0 Å². The lowest BCUT2D eigenvalue weighted by Crippen LogP contribution is -2.01. The SMILES string of the molecule is C/C=C/C[C@H](C)/C=C(\C)N=C(C)C(C)C. The Kier molecular flexibility index (Phi) is 7.02. The molecule has 0 unspecified atom stereocenters. The minimum Gasteiger partial charge on any atom is -0.263 e. The molecule has 0 aromatic heterocycles. The van der Waals surface area contributed by atoms with Crippen LogP contribution in [0, 0.1) is 11.8 Å². The van der Waals surface area contributed by atoms with Gasteiger partial charge in [0.1, 0.15) is 0 Å². The van der Waals surface area contributed by atoms with Gasteiger partial charge in [-0.05, 0) is 39.0 Å². The van der Waals surface area contributed by atoms with Crippen LogP contribution in [0.5, 0.6) is 0 Å². The van der Waals surface area contributed by atoms with Gasteiger partial charge in [0, 0.05) is 11.4 Å². The average Bonchev–Trinajstić information content (AvgIpc) is 2.14. The molecule has 0 heterocycles. The summed E-state index contributed by atoms with van der Waals surface area (Å²) in [4.78, 5) is 4.58. The van der Waals surface area contributed by atoms with E-state index in [9.17, 15) is 0 Å². The molecule has 0 aliphatic rings. The first kappa shape index (κ1) is 14.2. The van der Waals surface area contributed by atoms with E-state index in [0.29, 0.717) is 11.8 Å². The van der Waals surface area contributed by atoms with Gasteiger partial charge in [-0.25, -0.2) is 0 Å². The second kappa shape index (κ2) is 7.44. The third kappa shape index (κ3) is 7.12. The number of nitrogens with zero attached hydrogens (tertiary/aromatic N) is 1. The van der Waals surface area contributed by atoms with Crippen LogP contribution in [0.4, 0.5) is 0 Å². The van der Waals surface area contributed by atoms with Crippen molar-refractivity contribution < 1.29 is 0 Å². The summed E-state index contributed by atoms with van der Waals surface area (Å²) < 4.78 is 0. The van der Waals surface area contributed by atoms with Crippen molar-refractivity contribution in [3.05, 3.63) is 23.9 Å². The lowest BCUT2D eigenvalue weighted by Gasteiger charge is -2.06. The maximum atomic E-state index is 4.58. The van der Waals surface area contributed by atoms with Gasteiger partial charge in [-0.3, -0.25) is 4.99 Å². The van der Waals surface area contributed by atoms with Crippen molar-refractivity contribution in [2.75, 3.05) is 0 Å². The van der Waals surface area contributed by atoms with Gasteiger partial charge in [-0.2, -0.15) is 0 Å². The highest BCUT2D eigenvalue weighted by Gasteiger charge is 1.99. The van der Waals surface area contributed by atoms with Gasteiger partial charge in [0.15, 0.2) is 0 Å². The zero-order chi connectivity index (χ0) is 11.8. The minimum atomic E-state index is 0.541. The lowest BCUT2D eigenvalue weighted by atomic mass is 10.1. The van der Waals surface area contributed by atoms with Gasteiger partial charge in [-0.1, -0.05) is 39.0 Å². The third-order valence-electron chi connectivity index (χ3n) is 2.46. The Morgan fingerprint density at radius 2 is 1.80 bits per heavy atom. The first-order chi connectivity index (χ1) is 6.97. The minimum absolute atomic E-state index is 0.541. The van der Waals surface area contributed by atoms with E-state index in [0.717, 1.165) is 12.1 Å². The summed E-state index contributed by atoms with van der Waals surface area (Å²) in [6.45, 7) is 12.8. The smallest absolute Gasteiger partial charge is 0.0335 e. The summed E-state index contributed by atoms with van der Waals surface area (Å²) in [5.74, 6) is 1.11. The number of hydrogen-bond donors (Lipinski definition) is 0. The molecule has 0 fully saturated rings. The average molecular weight is 207 g/mol. The van der Waals surface area contributed by atoms with Gasteiger partial charge < -0.3 is 0 Å². The van der Waals surface area contributed by atoms with Crippen LogP contribution < -0.4 is 0 Å². The Morgan fingerprint density at radius 1 is 1.20 bits per heavy atom. The van der Waals surface area contributed by atoms with Crippen molar-refractivity contribution in [2.45, 2.75) is 48.0 Å². The Morgan fingerprint density at radius 3 is 2.27 bits per heavy atom. The predicted octanol–water partition coefficient (Wildman–Crippen LogP) is 4.61. The van der Waals surface area contributed by atoms with Crippen LogP contribution in [0.3, 0.4) is 0 Å². The quantitative estimate of drug-likeness (QED) is 0.461. The number of rotatable bonds is 5. The van der Waals surface area contributed by atoms with Crippen molar-refractivity contribution in [3.8, 4) is 0 Å². The predicted molar refractivity (Wildman–Crippen MR) is 70.3 cm³/mol. The van der Waals surface area contributed by atoms with E-state index < -0.39 is 0 Å². The zero-order valence-electron chi connectivity index (χ0n) is 11.0. The van der Waals surface area contributed by atoms with Crippen LogP contribution in [0.15, 0.2) is 28.9 Å². The van der Waals surface area contributed by atoms with Gasteiger partial charge in [0.25, 0.3) is 0 Å². The molecule has 0 N–H and O–H groups in total. The van der Waals surface area contributed by atoms with E-state index in [1.54, 1.807) is 0 Å². The Labute approximate surface area is 95.0 Å². The summed E-state index contributed by atoms with van der Waals surface area (Å²) in [5.41, 5.74) is 2.35. The number of allylic oxidation sites excluding steroid dienone is 4. The van der Waals surface area contributed by atoms with Gasteiger partial charge in [-0.15, -0.1) is 0 Å². The molecule has 15 heavy (non-hydrogen) atoms. The molecule has 1 nitrogen and oxygen atoms in total. The highest BCUT2D eigenvalue weighted by atomic mass is 14.7. The third-order valence-corrected chi connectivity index (χ3v) is 2.46. The largest absolute Gasteiger partial charge is 0.263 e. The molecule has 0 aromatic carbocycles. The zero-order valence-corrected chi connectivity index (χ0v) is 11.0. The van der Waals surface area contributed by atoms with Crippen LogP contribution in [-0.2, 0) is 0 Å². The molecule has 86 valence electrons. The van der Waals surface area contributed by atoms with E-state index in [2.05, 4.69) is 64.8 Å². The molecular weight excluding hydrogens is 182 g/mol. The van der Waals surface area contributed by atoms with E-state index in [1.165, 1.54) is 5.71 Å². The molecule has 0 saturated carbocycles. The van der Waals surface area contributed by atoms with E-state index in [4.69, 9.17) is 0 Å². The highest BCUT2D eigenvalue weighted by Crippen LogP contribution is 2.10. The maximum Gasteiger partial charge on any atom is 0.0335 e. The lowest BCUT2D eigenvalue weighted by molar-refractivity contribution is 0.735. The fourth-order valence-corrected chi connectivity index (χ4v) is 1.28. The molecular formula is C14H25N. The summed E-state index contributed by atoms with van der Waals surface area (Å²) >= 11 is 0. The molecule has 0 bridgehead atoms. The summed E-state index contributed by atoms with van der Waals surface area (Å²) in [6, 6.07) is 0. The maximum absolute atomic E-state index is 4.58. The van der Waals surface area contributed by atoms with Crippen molar-refractivity contribution in [1.29, 1.82) is 0 Å². The number of hydrogen-bond acceptors (Lipinski definition) is 1. The Hall–Kier alpha value is -0.850. The fraction of sp³-hybridized carbons (Fsp3) is 0.643. The van der Waals surface area contributed by atoms with Crippen molar-refractivity contribution in [3.63, 3.8) is 0 Å². The van der Waals surface area contributed by atoms with Crippen molar-refractivity contribution >= 4 is 5.71 Å². The van der Waals surface area contributed by atoms with Gasteiger partial charge in [0.05, 0.1) is 0 Å². The second-order valence-electron chi connectivity index (χ2n) is 4.50. The van der Waals surface area contributed by atoms with Crippen LogP contribution in [0.1, 0.15) is 48.0 Å². The van der Waals surface area contributed by atoms with Crippen LogP contribution in [-0.4, -0.2) is 5.71 Å². The van der Waals surface area contributed by atoms with Crippen LogP contribution >= 0.6 is 0 Å². The molecule has 0 radical (unpaired) electrons. The molecule has 0 aliphatic heterocycles. The molecule has 0 saturated heterocycles. The molecule has 1 atom stereocenters. The van der Waals surface area contributed by atoms with Crippen molar-refractivity contribution in [1.82, 2.24) is 0 Å². The summed E-state index contributed by atoms with van der Waals surface area (Å²) in [5, 5.41) is 0. The Balaban J connectivity index is 4.36. The van der Waals surface area contributed by atoms with E-state index in [-0.39, 0.29) is 0 Å². The molecule has 0 rings (SSSR count). The first-order valence-electron chi connectivity index (χ1n) is 5.82. The van der Waals surface area contributed by atoms with Crippen molar-refractivity contribution in [2.24, 2.45) is 16.8 Å². The standard InChI is InChI=1S/C14H25N/c1-7-8-9-12(4)10-13(5)15-14(6)11(2)3/h7-8,10-12H,9H2,1-6H3/b8-7+,13-10+,15-14?/t12-/m0/s1. The molecule has 0 spiro atoms. The Bertz CT molecular complexity index is 257. The van der Waals surface area contributed by atoms with E-state index in [1.807, 2.05) is 0 Å².